The average Bonchev–Trinajstić information content (AvgIpc) is 2.17. The number of carbonyl (C=O) groups excluding carboxylic acids is 1. The third-order valence-corrected chi connectivity index (χ3v) is 1.41. The molecule has 0 spiro atoms. The van der Waals surface area contributed by atoms with Crippen LogP contribution in [0.4, 0.5) is 0 Å². The molecule has 0 radical (unpaired) electrons. The number of hydrogen-bond donors (Lipinski definition) is 1. The molecular weight excluding hydrogens is 213 g/mol. The molecule has 0 aliphatic heterocycles. The van der Waals surface area contributed by atoms with E-state index in [9.17, 15) is 9.59 Å². The number of pyridine rings is 1. The maximum absolute atomic E-state index is 10.9. The zero-order valence-electron chi connectivity index (χ0n) is 8.85. The third kappa shape index (κ3) is 3.47. The molecule has 1 rings (SSSR count). The number of rotatable bonds is 2. The van der Waals surface area contributed by atoms with Crippen molar-refractivity contribution in [1.29, 1.82) is 0 Å². The topological polar surface area (TPSA) is 76.5 Å². The molecule has 1 heterocycles. The second-order valence-corrected chi connectivity index (χ2v) is 2.26. The molecule has 70 valence electrons. The van der Waals surface area contributed by atoms with E-state index < -0.39 is 11.9 Å². The number of carbonyl (C=O) groups is 2. The van der Waals surface area contributed by atoms with E-state index in [-0.39, 0.29) is 63.9 Å². The van der Waals surface area contributed by atoms with Crippen molar-refractivity contribution in [2.45, 2.75) is 0 Å². The molecule has 0 saturated carbocycles. The first-order valence-corrected chi connectivity index (χ1v) is 3.42. The van der Waals surface area contributed by atoms with Gasteiger partial charge in [-0.15, -0.1) is 0 Å². The van der Waals surface area contributed by atoms with Gasteiger partial charge in [0, 0.05) is 12.4 Å². The zero-order valence-corrected chi connectivity index (χ0v) is 11.0. The van der Waals surface area contributed by atoms with Gasteiger partial charge in [0.15, 0.2) is 0 Å². The van der Waals surface area contributed by atoms with Crippen molar-refractivity contribution < 1.29 is 72.2 Å². The van der Waals surface area contributed by atoms with Gasteiger partial charge in [0.1, 0.15) is 0 Å². The number of aromatic nitrogens is 1. The first-order chi connectivity index (χ1) is 6.15. The number of ether oxygens (including phenoxy) is 1. The molecular formula is C8H8KNO4. The van der Waals surface area contributed by atoms with Crippen molar-refractivity contribution >= 4 is 11.9 Å². The molecule has 0 fully saturated rings. The van der Waals surface area contributed by atoms with Crippen LogP contribution < -0.4 is 51.4 Å². The van der Waals surface area contributed by atoms with Gasteiger partial charge in [0.2, 0.25) is 0 Å². The molecule has 0 aliphatic carbocycles. The maximum Gasteiger partial charge on any atom is 1.00 e. The van der Waals surface area contributed by atoms with Crippen molar-refractivity contribution in [2.24, 2.45) is 0 Å². The van der Waals surface area contributed by atoms with E-state index in [1.807, 2.05) is 0 Å². The summed E-state index contributed by atoms with van der Waals surface area (Å²) >= 11 is 0. The molecule has 6 heteroatoms. The quantitative estimate of drug-likeness (QED) is 0.448. The number of carboxylic acids is 1. The van der Waals surface area contributed by atoms with Gasteiger partial charge in [-0.2, -0.15) is 0 Å². The molecule has 1 aromatic rings. The largest absolute Gasteiger partial charge is 1.00 e. The van der Waals surface area contributed by atoms with Gasteiger partial charge < -0.3 is 11.3 Å². The van der Waals surface area contributed by atoms with E-state index in [0.717, 1.165) is 6.20 Å². The van der Waals surface area contributed by atoms with Crippen LogP contribution in [0.25, 0.3) is 0 Å². The van der Waals surface area contributed by atoms with Crippen LogP contribution >= 0.6 is 0 Å². The number of hydrogen-bond acceptors (Lipinski definition) is 4. The summed E-state index contributed by atoms with van der Waals surface area (Å²) in [6.45, 7) is 0. The molecule has 14 heavy (non-hydrogen) atoms. The summed E-state index contributed by atoms with van der Waals surface area (Å²) < 4.78 is 4.40. The van der Waals surface area contributed by atoms with Gasteiger partial charge in [0.05, 0.1) is 18.2 Å². The summed E-state index contributed by atoms with van der Waals surface area (Å²) in [5.41, 5.74) is 0.0882. The molecule has 0 unspecified atom stereocenters. The minimum absolute atomic E-state index is 0. The Kier molecular flexibility index (Phi) is 6.13. The van der Waals surface area contributed by atoms with Crippen LogP contribution in [0.1, 0.15) is 22.1 Å². The minimum atomic E-state index is -1.13. The van der Waals surface area contributed by atoms with Crippen LogP contribution in [0.5, 0.6) is 0 Å². The number of carboxylic acid groups (broad SMARTS) is 1. The molecule has 5 nitrogen and oxygen atoms in total. The van der Waals surface area contributed by atoms with E-state index in [0.29, 0.717) is 0 Å². The Morgan fingerprint density at radius 3 is 2.50 bits per heavy atom. The predicted octanol–water partition coefficient (Wildman–Crippen LogP) is -2.32. The first-order valence-electron chi connectivity index (χ1n) is 3.42. The first kappa shape index (κ1) is 13.7. The Balaban J connectivity index is 0. The van der Waals surface area contributed by atoms with Crippen molar-refractivity contribution in [3.8, 4) is 0 Å². The maximum atomic E-state index is 10.9. The molecule has 0 aromatic carbocycles. The molecule has 1 N–H and O–H groups in total. The fourth-order valence-corrected chi connectivity index (χ4v) is 0.786. The van der Waals surface area contributed by atoms with Gasteiger partial charge in [0.25, 0.3) is 0 Å². The van der Waals surface area contributed by atoms with Gasteiger partial charge in [-0.25, -0.2) is 9.59 Å². The number of nitrogens with zero attached hydrogens (tertiary/aromatic N) is 1. The summed E-state index contributed by atoms with van der Waals surface area (Å²) in [5, 5.41) is 8.57. The van der Waals surface area contributed by atoms with Crippen LogP contribution in [-0.2, 0) is 4.74 Å². The average molecular weight is 221 g/mol. The summed E-state index contributed by atoms with van der Waals surface area (Å²) in [6, 6.07) is 1.21. The van der Waals surface area contributed by atoms with Crippen LogP contribution in [0.3, 0.4) is 0 Å². The van der Waals surface area contributed by atoms with Crippen LogP contribution in [-0.4, -0.2) is 29.1 Å². The molecule has 0 bridgehead atoms. The van der Waals surface area contributed by atoms with Crippen molar-refractivity contribution in [3.63, 3.8) is 0 Å². The number of esters is 1. The summed E-state index contributed by atoms with van der Waals surface area (Å²) in [5.74, 6) is -1.73. The number of aromatic carboxylic acids is 1. The summed E-state index contributed by atoms with van der Waals surface area (Å²) in [4.78, 5) is 25.0. The van der Waals surface area contributed by atoms with Crippen molar-refractivity contribution in [3.05, 3.63) is 29.6 Å². The Labute approximate surface area is 124 Å². The van der Waals surface area contributed by atoms with Gasteiger partial charge in [-0.3, -0.25) is 4.98 Å². The van der Waals surface area contributed by atoms with E-state index in [4.69, 9.17) is 5.11 Å². The van der Waals surface area contributed by atoms with Crippen molar-refractivity contribution in [2.75, 3.05) is 7.11 Å². The third-order valence-electron chi connectivity index (χ3n) is 1.41. The SMILES string of the molecule is COC(=O)c1cncc(C(=O)O)c1.[H-].[K+]. The number of methoxy groups -OCH3 is 1. The van der Waals surface area contributed by atoms with E-state index in [1.54, 1.807) is 0 Å². The second kappa shape index (κ2) is 6.26. The monoisotopic (exact) mass is 221 g/mol. The smallest absolute Gasteiger partial charge is 1.00 e. The van der Waals surface area contributed by atoms with E-state index in [2.05, 4.69) is 9.72 Å². The van der Waals surface area contributed by atoms with E-state index in [1.165, 1.54) is 19.4 Å². The van der Waals surface area contributed by atoms with Crippen LogP contribution in [0.2, 0.25) is 0 Å². The second-order valence-electron chi connectivity index (χ2n) is 2.26. The van der Waals surface area contributed by atoms with Crippen LogP contribution in [0, 0.1) is 0 Å². The molecule has 0 aliphatic rings. The molecule has 0 saturated heterocycles. The fourth-order valence-electron chi connectivity index (χ4n) is 0.786. The predicted molar refractivity (Wildman–Crippen MR) is 43.6 cm³/mol. The minimum Gasteiger partial charge on any atom is -1.00 e. The Hall–Kier alpha value is -0.274. The summed E-state index contributed by atoms with van der Waals surface area (Å²) in [7, 11) is 1.22. The standard InChI is InChI=1S/C8H7NO4.K.H/c1-13-8(12)6-2-5(7(10)11)3-9-4-6;;/h2-4H,1H3,(H,10,11);;/q;+1;-1. The fraction of sp³-hybridized carbons (Fsp3) is 0.125. The summed E-state index contributed by atoms with van der Waals surface area (Å²) in [6.07, 6.45) is 2.41. The van der Waals surface area contributed by atoms with E-state index >= 15 is 0 Å². The normalized spacial score (nSPS) is 8.64. The molecule has 0 amide bonds. The van der Waals surface area contributed by atoms with Crippen molar-refractivity contribution in [1.82, 2.24) is 4.98 Å². The van der Waals surface area contributed by atoms with Crippen LogP contribution in [0.15, 0.2) is 18.5 Å². The van der Waals surface area contributed by atoms with Gasteiger partial charge in [-0.05, 0) is 6.07 Å². The molecule has 1 aromatic heterocycles. The van der Waals surface area contributed by atoms with Gasteiger partial charge >= 0.3 is 63.3 Å². The Bertz CT molecular complexity index is 358. The Morgan fingerprint density at radius 2 is 2.00 bits per heavy atom. The molecule has 0 atom stereocenters. The zero-order chi connectivity index (χ0) is 9.84. The Morgan fingerprint density at radius 1 is 1.43 bits per heavy atom. The van der Waals surface area contributed by atoms with Gasteiger partial charge in [-0.1, -0.05) is 0 Å².